The summed E-state index contributed by atoms with van der Waals surface area (Å²) in [6, 6.07) is 10.5. The van der Waals surface area contributed by atoms with E-state index in [9.17, 15) is 0 Å². The first-order valence-corrected chi connectivity index (χ1v) is 9.97. The van der Waals surface area contributed by atoms with Gasteiger partial charge >= 0.3 is 0 Å². The standard InChI is InChI=1S/C22H32N4O2/c1-22(2,3)21-24-19(16-27-4)15-20(25-21)23-18-7-5-17(6-8-18)9-10-26-11-13-28-14-12-26/h5-8,15H,9-14,16H2,1-4H3,(H,23,24,25). The molecular weight excluding hydrogens is 352 g/mol. The lowest BCUT2D eigenvalue weighted by Gasteiger charge is -2.26. The first-order valence-electron chi connectivity index (χ1n) is 9.97. The van der Waals surface area contributed by atoms with Crippen LogP contribution in [0, 0.1) is 0 Å². The summed E-state index contributed by atoms with van der Waals surface area (Å²) in [4.78, 5) is 11.8. The minimum atomic E-state index is -0.121. The maximum Gasteiger partial charge on any atom is 0.136 e. The van der Waals surface area contributed by atoms with E-state index in [0.29, 0.717) is 6.61 Å². The van der Waals surface area contributed by atoms with Gasteiger partial charge in [-0.3, -0.25) is 4.90 Å². The highest BCUT2D eigenvalue weighted by Gasteiger charge is 2.19. The van der Waals surface area contributed by atoms with E-state index in [1.807, 2.05) is 6.07 Å². The lowest BCUT2D eigenvalue weighted by Crippen LogP contribution is -2.37. The molecule has 3 rings (SSSR count). The van der Waals surface area contributed by atoms with Crippen LogP contribution in [0.1, 0.15) is 37.9 Å². The van der Waals surface area contributed by atoms with Gasteiger partial charge in [0.2, 0.25) is 0 Å². The predicted octanol–water partition coefficient (Wildman–Crippen LogP) is 3.54. The number of hydrogen-bond acceptors (Lipinski definition) is 6. The fraction of sp³-hybridized carbons (Fsp3) is 0.545. The molecule has 152 valence electrons. The van der Waals surface area contributed by atoms with Crippen LogP contribution in [-0.2, 0) is 27.9 Å². The Labute approximate surface area is 168 Å². The molecule has 2 aromatic rings. The van der Waals surface area contributed by atoms with Crippen LogP contribution >= 0.6 is 0 Å². The average molecular weight is 385 g/mol. The maximum atomic E-state index is 5.41. The summed E-state index contributed by atoms with van der Waals surface area (Å²) in [5.41, 5.74) is 3.13. The van der Waals surface area contributed by atoms with Gasteiger partial charge in [0.25, 0.3) is 0 Å². The molecule has 0 aliphatic carbocycles. The molecule has 1 aromatic carbocycles. The summed E-state index contributed by atoms with van der Waals surface area (Å²) in [6.07, 6.45) is 1.06. The van der Waals surface area contributed by atoms with Crippen molar-refractivity contribution < 1.29 is 9.47 Å². The second-order valence-corrected chi connectivity index (χ2v) is 8.28. The van der Waals surface area contributed by atoms with Crippen LogP contribution in [0.15, 0.2) is 30.3 Å². The van der Waals surface area contributed by atoms with E-state index in [4.69, 9.17) is 14.5 Å². The number of anilines is 2. The molecule has 0 amide bonds. The Kier molecular flexibility index (Phi) is 6.99. The first kappa shape index (κ1) is 20.7. The summed E-state index contributed by atoms with van der Waals surface area (Å²) in [5, 5.41) is 3.41. The van der Waals surface area contributed by atoms with Crippen molar-refractivity contribution in [3.05, 3.63) is 47.4 Å². The zero-order chi connectivity index (χ0) is 20.0. The molecule has 1 aliphatic rings. The quantitative estimate of drug-likeness (QED) is 0.788. The Balaban J connectivity index is 1.65. The van der Waals surface area contributed by atoms with Gasteiger partial charge in [-0.05, 0) is 24.1 Å². The maximum absolute atomic E-state index is 5.41. The summed E-state index contributed by atoms with van der Waals surface area (Å²) in [7, 11) is 1.68. The van der Waals surface area contributed by atoms with E-state index in [1.165, 1.54) is 5.56 Å². The van der Waals surface area contributed by atoms with Crippen LogP contribution < -0.4 is 5.32 Å². The average Bonchev–Trinajstić information content (AvgIpc) is 2.68. The number of nitrogens with one attached hydrogen (secondary N) is 1. The molecule has 1 saturated heterocycles. The highest BCUT2D eigenvalue weighted by atomic mass is 16.5. The molecule has 1 aromatic heterocycles. The number of aromatic nitrogens is 2. The SMILES string of the molecule is COCc1cc(Nc2ccc(CCN3CCOCC3)cc2)nc(C(C)(C)C)n1. The van der Waals surface area contributed by atoms with Gasteiger partial charge in [-0.25, -0.2) is 9.97 Å². The summed E-state index contributed by atoms with van der Waals surface area (Å²) >= 11 is 0. The van der Waals surface area contributed by atoms with Crippen molar-refractivity contribution in [1.29, 1.82) is 0 Å². The van der Waals surface area contributed by atoms with Gasteiger partial charge in [-0.15, -0.1) is 0 Å². The van der Waals surface area contributed by atoms with E-state index < -0.39 is 0 Å². The van der Waals surface area contributed by atoms with Crippen LogP contribution in [0.3, 0.4) is 0 Å². The van der Waals surface area contributed by atoms with Crippen LogP contribution in [-0.4, -0.2) is 54.8 Å². The molecule has 1 N–H and O–H groups in total. The van der Waals surface area contributed by atoms with Crippen molar-refractivity contribution >= 4 is 11.5 Å². The first-order chi connectivity index (χ1) is 13.4. The molecule has 0 saturated carbocycles. The predicted molar refractivity (Wildman–Crippen MR) is 112 cm³/mol. The molecule has 2 heterocycles. The smallest absolute Gasteiger partial charge is 0.136 e. The summed E-state index contributed by atoms with van der Waals surface area (Å²) in [5.74, 6) is 1.61. The lowest BCUT2D eigenvalue weighted by molar-refractivity contribution is 0.0384. The Morgan fingerprint density at radius 3 is 2.46 bits per heavy atom. The molecule has 0 bridgehead atoms. The number of morpholine rings is 1. The van der Waals surface area contributed by atoms with E-state index in [1.54, 1.807) is 7.11 Å². The number of hydrogen-bond donors (Lipinski definition) is 1. The van der Waals surface area contributed by atoms with Crippen molar-refractivity contribution in [3.63, 3.8) is 0 Å². The third-order valence-corrected chi connectivity index (χ3v) is 4.79. The number of benzene rings is 1. The minimum Gasteiger partial charge on any atom is -0.379 e. The number of ether oxygens (including phenoxy) is 2. The highest BCUT2D eigenvalue weighted by molar-refractivity contribution is 5.56. The van der Waals surface area contributed by atoms with Crippen LogP contribution in [0.25, 0.3) is 0 Å². The number of nitrogens with zero attached hydrogens (tertiary/aromatic N) is 3. The van der Waals surface area contributed by atoms with Crippen molar-refractivity contribution in [1.82, 2.24) is 14.9 Å². The number of methoxy groups -OCH3 is 1. The molecule has 0 spiro atoms. The molecule has 6 heteroatoms. The van der Waals surface area contributed by atoms with Gasteiger partial charge < -0.3 is 14.8 Å². The summed E-state index contributed by atoms with van der Waals surface area (Å²) in [6.45, 7) is 11.7. The molecule has 1 aliphatic heterocycles. The lowest BCUT2D eigenvalue weighted by atomic mass is 9.95. The van der Waals surface area contributed by atoms with Gasteiger partial charge in [0, 0.05) is 43.9 Å². The van der Waals surface area contributed by atoms with Crippen molar-refractivity contribution in [2.45, 2.75) is 39.2 Å². The van der Waals surface area contributed by atoms with Gasteiger partial charge in [0.15, 0.2) is 0 Å². The van der Waals surface area contributed by atoms with E-state index in [2.05, 4.69) is 60.2 Å². The molecule has 0 radical (unpaired) electrons. The number of rotatable bonds is 7. The largest absolute Gasteiger partial charge is 0.379 e. The highest BCUT2D eigenvalue weighted by Crippen LogP contribution is 2.23. The third-order valence-electron chi connectivity index (χ3n) is 4.79. The Hall–Kier alpha value is -2.02. The van der Waals surface area contributed by atoms with E-state index >= 15 is 0 Å². The topological polar surface area (TPSA) is 59.5 Å². The van der Waals surface area contributed by atoms with Gasteiger partial charge in [0.05, 0.1) is 25.5 Å². The third kappa shape index (κ3) is 5.99. The van der Waals surface area contributed by atoms with Crippen molar-refractivity contribution in [2.24, 2.45) is 0 Å². The molecular formula is C22H32N4O2. The molecule has 6 nitrogen and oxygen atoms in total. The Morgan fingerprint density at radius 1 is 1.11 bits per heavy atom. The minimum absolute atomic E-state index is 0.121. The van der Waals surface area contributed by atoms with Gasteiger partial charge in [-0.2, -0.15) is 0 Å². The molecule has 28 heavy (non-hydrogen) atoms. The second-order valence-electron chi connectivity index (χ2n) is 8.28. The molecule has 0 atom stereocenters. The van der Waals surface area contributed by atoms with E-state index in [-0.39, 0.29) is 5.41 Å². The normalized spacial score (nSPS) is 15.6. The second kappa shape index (κ2) is 9.45. The zero-order valence-electron chi connectivity index (χ0n) is 17.5. The van der Waals surface area contributed by atoms with Crippen LogP contribution in [0.2, 0.25) is 0 Å². The van der Waals surface area contributed by atoms with Gasteiger partial charge in [0.1, 0.15) is 11.6 Å². The Morgan fingerprint density at radius 2 is 1.82 bits per heavy atom. The molecule has 1 fully saturated rings. The van der Waals surface area contributed by atoms with Crippen LogP contribution in [0.5, 0.6) is 0 Å². The van der Waals surface area contributed by atoms with Gasteiger partial charge in [-0.1, -0.05) is 32.9 Å². The van der Waals surface area contributed by atoms with Crippen LogP contribution in [0.4, 0.5) is 11.5 Å². The zero-order valence-corrected chi connectivity index (χ0v) is 17.5. The summed E-state index contributed by atoms with van der Waals surface area (Å²) < 4.78 is 10.7. The Bertz CT molecular complexity index is 750. The fourth-order valence-corrected chi connectivity index (χ4v) is 3.13. The molecule has 0 unspecified atom stereocenters. The van der Waals surface area contributed by atoms with E-state index in [0.717, 1.165) is 62.3 Å². The monoisotopic (exact) mass is 384 g/mol. The fourth-order valence-electron chi connectivity index (χ4n) is 3.13. The van der Waals surface area contributed by atoms with Crippen molar-refractivity contribution in [2.75, 3.05) is 45.3 Å². The van der Waals surface area contributed by atoms with Crippen molar-refractivity contribution in [3.8, 4) is 0 Å².